The molecule has 1 rings (SSSR count). The van der Waals surface area contributed by atoms with E-state index >= 15 is 0 Å². The second-order valence-corrected chi connectivity index (χ2v) is 5.65. The van der Waals surface area contributed by atoms with Crippen molar-refractivity contribution in [2.24, 2.45) is 0 Å². The highest BCUT2D eigenvalue weighted by molar-refractivity contribution is 7.98. The van der Waals surface area contributed by atoms with E-state index in [1.54, 1.807) is 0 Å². The third kappa shape index (κ3) is 8.17. The minimum atomic E-state index is 0.730. The van der Waals surface area contributed by atoms with Crippen LogP contribution in [0.5, 0.6) is 5.75 Å². The molecule has 0 saturated heterocycles. The zero-order chi connectivity index (χ0) is 13.8. The molecule has 1 aromatic rings. The third-order valence-electron chi connectivity index (χ3n) is 3.02. The van der Waals surface area contributed by atoms with Gasteiger partial charge < -0.3 is 10.1 Å². The van der Waals surface area contributed by atoms with Crippen molar-refractivity contribution in [3.8, 4) is 5.75 Å². The summed E-state index contributed by atoms with van der Waals surface area (Å²) >= 11 is 1.95. The minimum Gasteiger partial charge on any atom is -0.494 e. The summed E-state index contributed by atoms with van der Waals surface area (Å²) in [5.74, 6) is 2.26. The van der Waals surface area contributed by atoms with Crippen LogP contribution >= 0.6 is 11.8 Å². The van der Waals surface area contributed by atoms with Gasteiger partial charge >= 0.3 is 0 Å². The van der Waals surface area contributed by atoms with Gasteiger partial charge in [0.15, 0.2) is 0 Å². The molecule has 0 aliphatic heterocycles. The Bertz CT molecular complexity index is 313. The summed E-state index contributed by atoms with van der Waals surface area (Å²) in [5.41, 5.74) is 1.32. The van der Waals surface area contributed by atoms with Gasteiger partial charge in [0.2, 0.25) is 0 Å². The van der Waals surface area contributed by atoms with Crippen LogP contribution in [-0.4, -0.2) is 25.2 Å². The number of rotatable bonds is 11. The number of nitrogens with one attached hydrogen (secondary N) is 1. The van der Waals surface area contributed by atoms with Crippen molar-refractivity contribution in [3.63, 3.8) is 0 Å². The van der Waals surface area contributed by atoms with Crippen LogP contribution in [0, 0.1) is 0 Å². The molecule has 0 spiro atoms. The highest BCUT2D eigenvalue weighted by Gasteiger charge is 1.95. The lowest BCUT2D eigenvalue weighted by atomic mass is 10.2. The summed E-state index contributed by atoms with van der Waals surface area (Å²) in [6.07, 6.45) is 7.53. The fraction of sp³-hybridized carbons (Fsp3) is 0.625. The Kier molecular flexibility index (Phi) is 9.64. The zero-order valence-electron chi connectivity index (χ0n) is 12.3. The lowest BCUT2D eigenvalue weighted by Gasteiger charge is -2.07. The summed E-state index contributed by atoms with van der Waals surface area (Å²) in [7, 11) is 0. The van der Waals surface area contributed by atoms with Crippen molar-refractivity contribution in [1.29, 1.82) is 0 Å². The third-order valence-corrected chi connectivity index (χ3v) is 3.71. The van der Waals surface area contributed by atoms with E-state index in [-0.39, 0.29) is 0 Å². The van der Waals surface area contributed by atoms with E-state index in [4.69, 9.17) is 4.74 Å². The monoisotopic (exact) mass is 281 g/mol. The summed E-state index contributed by atoms with van der Waals surface area (Å²) in [4.78, 5) is 0. The topological polar surface area (TPSA) is 21.3 Å². The number of ether oxygens (including phenoxy) is 1. The fourth-order valence-corrected chi connectivity index (χ4v) is 2.45. The van der Waals surface area contributed by atoms with Crippen molar-refractivity contribution < 1.29 is 4.74 Å². The number of hydrogen-bond acceptors (Lipinski definition) is 3. The van der Waals surface area contributed by atoms with Crippen LogP contribution < -0.4 is 10.1 Å². The molecule has 0 aliphatic rings. The van der Waals surface area contributed by atoms with Crippen molar-refractivity contribution in [1.82, 2.24) is 5.32 Å². The standard InChI is InChI=1S/C16H27NOS/c1-3-18-16-10-8-15(9-11-16)14-17-12-6-4-5-7-13-19-2/h8-11,17H,3-7,12-14H2,1-2H3. The maximum atomic E-state index is 5.43. The Hall–Kier alpha value is -0.670. The van der Waals surface area contributed by atoms with E-state index in [2.05, 4.69) is 23.7 Å². The molecular weight excluding hydrogens is 254 g/mol. The molecule has 2 nitrogen and oxygen atoms in total. The lowest BCUT2D eigenvalue weighted by molar-refractivity contribution is 0.340. The molecule has 3 heteroatoms. The van der Waals surface area contributed by atoms with Crippen molar-refractivity contribution in [2.45, 2.75) is 39.2 Å². The summed E-state index contributed by atoms with van der Waals surface area (Å²) in [6.45, 7) is 4.81. The molecule has 0 radical (unpaired) electrons. The van der Waals surface area contributed by atoms with Crippen LogP contribution in [0.25, 0.3) is 0 Å². The van der Waals surface area contributed by atoms with Crippen LogP contribution in [0.1, 0.15) is 38.2 Å². The first kappa shape index (κ1) is 16.4. The molecule has 0 aromatic heterocycles. The molecule has 0 amide bonds. The molecule has 0 saturated carbocycles. The SMILES string of the molecule is CCOc1ccc(CNCCCCCCSC)cc1. The highest BCUT2D eigenvalue weighted by Crippen LogP contribution is 2.11. The van der Waals surface area contributed by atoms with Gasteiger partial charge in [0, 0.05) is 6.54 Å². The molecule has 1 aromatic carbocycles. The van der Waals surface area contributed by atoms with E-state index in [0.29, 0.717) is 0 Å². The fourth-order valence-electron chi connectivity index (χ4n) is 1.95. The first-order chi connectivity index (χ1) is 9.36. The predicted molar refractivity (Wildman–Crippen MR) is 86.2 cm³/mol. The van der Waals surface area contributed by atoms with Crippen LogP contribution in [-0.2, 0) is 6.54 Å². The smallest absolute Gasteiger partial charge is 0.119 e. The Morgan fingerprint density at radius 2 is 1.79 bits per heavy atom. The number of benzene rings is 1. The van der Waals surface area contributed by atoms with Crippen LogP contribution in [0.2, 0.25) is 0 Å². The van der Waals surface area contributed by atoms with Gasteiger partial charge in [0.05, 0.1) is 6.61 Å². The average molecular weight is 281 g/mol. The Morgan fingerprint density at radius 3 is 2.47 bits per heavy atom. The normalized spacial score (nSPS) is 10.6. The largest absolute Gasteiger partial charge is 0.494 e. The summed E-state index contributed by atoms with van der Waals surface area (Å²) in [6, 6.07) is 8.36. The zero-order valence-corrected chi connectivity index (χ0v) is 13.1. The van der Waals surface area contributed by atoms with E-state index in [1.807, 2.05) is 30.8 Å². The van der Waals surface area contributed by atoms with E-state index < -0.39 is 0 Å². The first-order valence-electron chi connectivity index (χ1n) is 7.28. The predicted octanol–water partition coefficient (Wildman–Crippen LogP) is 4.10. The number of unbranched alkanes of at least 4 members (excludes halogenated alkanes) is 3. The van der Waals surface area contributed by atoms with Gasteiger partial charge in [-0.2, -0.15) is 11.8 Å². The highest BCUT2D eigenvalue weighted by atomic mass is 32.2. The number of thioether (sulfide) groups is 1. The van der Waals surface area contributed by atoms with E-state index in [9.17, 15) is 0 Å². The molecule has 0 bridgehead atoms. The molecule has 0 unspecified atom stereocenters. The summed E-state index contributed by atoms with van der Waals surface area (Å²) in [5, 5.41) is 3.50. The van der Waals surface area contributed by atoms with Crippen molar-refractivity contribution in [3.05, 3.63) is 29.8 Å². The van der Waals surface area contributed by atoms with Crippen LogP contribution in [0.15, 0.2) is 24.3 Å². The molecule has 1 N–H and O–H groups in total. The van der Waals surface area contributed by atoms with Gasteiger partial charge in [-0.05, 0) is 56.0 Å². The van der Waals surface area contributed by atoms with Gasteiger partial charge in [-0.1, -0.05) is 25.0 Å². The lowest BCUT2D eigenvalue weighted by Crippen LogP contribution is -2.14. The Balaban J connectivity index is 2.02. The first-order valence-corrected chi connectivity index (χ1v) is 8.67. The molecule has 0 fully saturated rings. The molecule has 0 aliphatic carbocycles. The molecule has 0 atom stereocenters. The van der Waals surface area contributed by atoms with Gasteiger partial charge in [0.1, 0.15) is 5.75 Å². The van der Waals surface area contributed by atoms with Crippen LogP contribution in [0.4, 0.5) is 0 Å². The van der Waals surface area contributed by atoms with Gasteiger partial charge in [-0.15, -0.1) is 0 Å². The van der Waals surface area contributed by atoms with Crippen molar-refractivity contribution >= 4 is 11.8 Å². The van der Waals surface area contributed by atoms with E-state index in [1.165, 1.54) is 37.0 Å². The average Bonchev–Trinajstić information content (AvgIpc) is 2.44. The Morgan fingerprint density at radius 1 is 1.05 bits per heavy atom. The molecular formula is C16H27NOS. The number of hydrogen-bond donors (Lipinski definition) is 1. The van der Waals surface area contributed by atoms with E-state index in [0.717, 1.165) is 25.4 Å². The van der Waals surface area contributed by atoms with Gasteiger partial charge in [-0.25, -0.2) is 0 Å². The molecule has 108 valence electrons. The van der Waals surface area contributed by atoms with Crippen molar-refractivity contribution in [2.75, 3.05) is 25.2 Å². The second kappa shape index (κ2) is 11.2. The van der Waals surface area contributed by atoms with Crippen LogP contribution in [0.3, 0.4) is 0 Å². The Labute approximate surface area is 122 Å². The van der Waals surface area contributed by atoms with Gasteiger partial charge in [0.25, 0.3) is 0 Å². The van der Waals surface area contributed by atoms with Gasteiger partial charge in [-0.3, -0.25) is 0 Å². The summed E-state index contributed by atoms with van der Waals surface area (Å²) < 4.78 is 5.43. The maximum absolute atomic E-state index is 5.43. The molecule has 0 heterocycles. The quantitative estimate of drug-likeness (QED) is 0.617. The second-order valence-electron chi connectivity index (χ2n) is 4.66. The minimum absolute atomic E-state index is 0.730. The molecule has 19 heavy (non-hydrogen) atoms. The maximum Gasteiger partial charge on any atom is 0.119 e.